The van der Waals surface area contributed by atoms with Gasteiger partial charge in [0.15, 0.2) is 18.0 Å². The number of fused-ring (bicyclic) bond motifs is 1. The lowest BCUT2D eigenvalue weighted by Crippen LogP contribution is -2.41. The summed E-state index contributed by atoms with van der Waals surface area (Å²) in [5, 5.41) is 12.6. The van der Waals surface area contributed by atoms with E-state index in [-0.39, 0.29) is 0 Å². The van der Waals surface area contributed by atoms with Gasteiger partial charge in [0.05, 0.1) is 6.54 Å². The highest BCUT2D eigenvalue weighted by Gasteiger charge is 2.52. The van der Waals surface area contributed by atoms with Gasteiger partial charge in [-0.3, -0.25) is 0 Å². The molecule has 3 aliphatic heterocycles. The van der Waals surface area contributed by atoms with Gasteiger partial charge in [0.2, 0.25) is 0 Å². The summed E-state index contributed by atoms with van der Waals surface area (Å²) in [4.78, 5) is 2.23. The minimum Gasteiger partial charge on any atom is -0.486 e. The van der Waals surface area contributed by atoms with E-state index < -0.39 is 5.72 Å². The Kier molecular flexibility index (Phi) is 4.44. The van der Waals surface area contributed by atoms with Crippen molar-refractivity contribution < 1.29 is 19.2 Å². The first-order chi connectivity index (χ1) is 13.6. The molecular weight excluding hydrogens is 376 g/mol. The fourth-order valence-electron chi connectivity index (χ4n) is 4.47. The number of β-amino-alcohol motifs (C(OH)–C–C–N with tert-alkyl or cyclic N) is 1. The van der Waals surface area contributed by atoms with Gasteiger partial charge in [0, 0.05) is 17.0 Å². The number of anilines is 1. The molecule has 0 bridgehead atoms. The Morgan fingerprint density at radius 1 is 0.964 bits per heavy atom. The molecule has 0 spiro atoms. The average molecular weight is 400 g/mol. The zero-order chi connectivity index (χ0) is 19.1. The lowest BCUT2D eigenvalue weighted by Gasteiger charge is -2.26. The fourth-order valence-corrected chi connectivity index (χ4v) is 4.60. The van der Waals surface area contributed by atoms with Gasteiger partial charge in [-0.15, -0.1) is 0 Å². The number of amidine groups is 1. The van der Waals surface area contributed by atoms with Gasteiger partial charge < -0.3 is 14.6 Å². The molecule has 2 aromatic carbocycles. The van der Waals surface area contributed by atoms with Crippen molar-refractivity contribution in [1.29, 1.82) is 0 Å². The summed E-state index contributed by atoms with van der Waals surface area (Å²) in [5.41, 5.74) is 0.794. The molecule has 1 N–H and O–H groups in total. The number of nitrogens with zero attached hydrogens (tertiary/aromatic N) is 2. The highest BCUT2D eigenvalue weighted by Crippen LogP contribution is 2.39. The maximum absolute atomic E-state index is 11.9. The summed E-state index contributed by atoms with van der Waals surface area (Å²) in [7, 11) is 0. The Morgan fingerprint density at radius 2 is 1.75 bits per heavy atom. The molecule has 146 valence electrons. The molecule has 6 heteroatoms. The Labute approximate surface area is 169 Å². The van der Waals surface area contributed by atoms with Crippen molar-refractivity contribution in [3.8, 4) is 11.5 Å². The van der Waals surface area contributed by atoms with Crippen LogP contribution in [0.4, 0.5) is 5.69 Å². The molecule has 0 aliphatic carbocycles. The SMILES string of the molecule is O[C@@]1(c2ccc3c(c2)OCCO3)CN(c2ccc(Cl)cc2)C2=[N+]1CCCCC2. The van der Waals surface area contributed by atoms with Crippen LogP contribution < -0.4 is 14.4 Å². The third-order valence-electron chi connectivity index (χ3n) is 5.87. The number of ether oxygens (including phenoxy) is 2. The summed E-state index contributed by atoms with van der Waals surface area (Å²) in [5.74, 6) is 2.63. The van der Waals surface area contributed by atoms with E-state index in [1.807, 2.05) is 42.5 Å². The minimum atomic E-state index is -1.10. The van der Waals surface area contributed by atoms with Crippen LogP contribution in [0.1, 0.15) is 31.2 Å². The smallest absolute Gasteiger partial charge is 0.271 e. The molecule has 3 heterocycles. The molecule has 5 nitrogen and oxygen atoms in total. The lowest BCUT2D eigenvalue weighted by molar-refractivity contribution is -0.658. The van der Waals surface area contributed by atoms with Crippen LogP contribution in [0.3, 0.4) is 0 Å². The summed E-state index contributed by atoms with van der Waals surface area (Å²) < 4.78 is 13.6. The Bertz CT molecular complexity index is 928. The standard InChI is InChI=1S/C22H24ClN2O3/c23-17-6-8-18(9-7-17)24-15-22(26,25-11-3-1-2-4-21(24)25)16-5-10-19-20(14-16)28-13-12-27-19/h5-10,14,26H,1-4,11-13,15H2/q+1/t22-/m1/s1. The van der Waals surface area contributed by atoms with Gasteiger partial charge in [-0.25, -0.2) is 9.48 Å². The van der Waals surface area contributed by atoms with Crippen molar-refractivity contribution in [3.63, 3.8) is 0 Å². The quantitative estimate of drug-likeness (QED) is 0.781. The largest absolute Gasteiger partial charge is 0.486 e. The molecule has 0 saturated heterocycles. The molecule has 5 rings (SSSR count). The highest BCUT2D eigenvalue weighted by molar-refractivity contribution is 6.30. The molecule has 2 aromatic rings. The molecule has 0 unspecified atom stereocenters. The first kappa shape index (κ1) is 17.8. The van der Waals surface area contributed by atoms with Crippen LogP contribution in [0.15, 0.2) is 42.5 Å². The molecule has 0 radical (unpaired) electrons. The number of benzene rings is 2. The van der Waals surface area contributed by atoms with Crippen LogP contribution in [0.2, 0.25) is 5.02 Å². The number of hydrogen-bond donors (Lipinski definition) is 1. The van der Waals surface area contributed by atoms with Crippen LogP contribution in [0.25, 0.3) is 0 Å². The first-order valence-electron chi connectivity index (χ1n) is 9.94. The number of halogens is 1. The Morgan fingerprint density at radius 3 is 2.57 bits per heavy atom. The Hall–Kier alpha value is -2.24. The summed E-state index contributed by atoms with van der Waals surface area (Å²) in [6, 6.07) is 13.6. The van der Waals surface area contributed by atoms with Crippen molar-refractivity contribution >= 4 is 23.1 Å². The van der Waals surface area contributed by atoms with E-state index in [9.17, 15) is 5.11 Å². The van der Waals surface area contributed by atoms with Crippen molar-refractivity contribution in [2.45, 2.75) is 31.4 Å². The van der Waals surface area contributed by atoms with Crippen LogP contribution in [0, 0.1) is 0 Å². The lowest BCUT2D eigenvalue weighted by atomic mass is 10.0. The average Bonchev–Trinajstić information content (AvgIpc) is 2.87. The maximum atomic E-state index is 11.9. The highest BCUT2D eigenvalue weighted by atomic mass is 35.5. The second-order valence-corrected chi connectivity index (χ2v) is 8.05. The first-order valence-corrected chi connectivity index (χ1v) is 10.3. The number of aliphatic hydroxyl groups is 1. The minimum absolute atomic E-state index is 0.476. The molecule has 0 aromatic heterocycles. The number of hydrogen-bond acceptors (Lipinski definition) is 4. The maximum Gasteiger partial charge on any atom is 0.271 e. The number of rotatable bonds is 2. The van der Waals surface area contributed by atoms with Gasteiger partial charge in [-0.1, -0.05) is 11.6 Å². The summed E-state index contributed by atoms with van der Waals surface area (Å²) >= 11 is 6.09. The zero-order valence-corrected chi connectivity index (χ0v) is 16.5. The van der Waals surface area contributed by atoms with Gasteiger partial charge in [-0.2, -0.15) is 0 Å². The van der Waals surface area contributed by atoms with E-state index >= 15 is 0 Å². The molecular formula is C22H24ClN2O3+. The molecule has 0 fully saturated rings. The van der Waals surface area contributed by atoms with E-state index in [2.05, 4.69) is 9.48 Å². The topological polar surface area (TPSA) is 44.9 Å². The molecule has 0 saturated carbocycles. The second-order valence-electron chi connectivity index (χ2n) is 7.62. The summed E-state index contributed by atoms with van der Waals surface area (Å²) in [6.45, 7) is 2.41. The predicted octanol–water partition coefficient (Wildman–Crippen LogP) is 3.76. The van der Waals surface area contributed by atoms with E-state index in [0.29, 0.717) is 30.5 Å². The molecule has 3 aliphatic rings. The fraction of sp³-hybridized carbons (Fsp3) is 0.409. The normalized spacial score (nSPS) is 24.1. The third kappa shape index (κ3) is 2.93. The predicted molar refractivity (Wildman–Crippen MR) is 109 cm³/mol. The molecule has 0 amide bonds. The van der Waals surface area contributed by atoms with E-state index in [4.69, 9.17) is 21.1 Å². The third-order valence-corrected chi connectivity index (χ3v) is 6.13. The van der Waals surface area contributed by atoms with Crippen molar-refractivity contribution in [1.82, 2.24) is 0 Å². The van der Waals surface area contributed by atoms with Crippen molar-refractivity contribution in [2.75, 3.05) is 31.2 Å². The van der Waals surface area contributed by atoms with Gasteiger partial charge in [-0.05, 0) is 61.7 Å². The summed E-state index contributed by atoms with van der Waals surface area (Å²) in [6.07, 6.45) is 4.33. The Balaban J connectivity index is 1.58. The molecule has 1 atom stereocenters. The van der Waals surface area contributed by atoms with Crippen LogP contribution in [0.5, 0.6) is 11.5 Å². The van der Waals surface area contributed by atoms with Crippen molar-refractivity contribution in [3.05, 3.63) is 53.1 Å². The van der Waals surface area contributed by atoms with Gasteiger partial charge in [0.25, 0.3) is 11.6 Å². The van der Waals surface area contributed by atoms with E-state index in [0.717, 1.165) is 42.8 Å². The van der Waals surface area contributed by atoms with Gasteiger partial charge >= 0.3 is 0 Å². The van der Waals surface area contributed by atoms with E-state index in [1.165, 1.54) is 12.3 Å². The van der Waals surface area contributed by atoms with E-state index in [1.54, 1.807) is 0 Å². The van der Waals surface area contributed by atoms with Crippen LogP contribution >= 0.6 is 11.6 Å². The van der Waals surface area contributed by atoms with Crippen LogP contribution in [-0.4, -0.2) is 41.8 Å². The zero-order valence-electron chi connectivity index (χ0n) is 15.7. The molecule has 28 heavy (non-hydrogen) atoms. The van der Waals surface area contributed by atoms with Crippen LogP contribution in [-0.2, 0) is 5.72 Å². The monoisotopic (exact) mass is 399 g/mol. The second kappa shape index (κ2) is 6.98. The van der Waals surface area contributed by atoms with Crippen molar-refractivity contribution in [2.24, 2.45) is 0 Å². The van der Waals surface area contributed by atoms with Gasteiger partial charge in [0.1, 0.15) is 18.9 Å².